The van der Waals surface area contributed by atoms with E-state index in [1.54, 1.807) is 12.1 Å². The van der Waals surface area contributed by atoms with Crippen molar-refractivity contribution in [2.75, 3.05) is 27.2 Å². The molecule has 1 unspecified atom stereocenters. The Morgan fingerprint density at radius 3 is 2.55 bits per heavy atom. The zero-order valence-electron chi connectivity index (χ0n) is 13.0. The molecule has 20 heavy (non-hydrogen) atoms. The standard InChI is InChI=1S/C17H27FN2/c1-14(15-8-4-5-9-16(15)18)20(3)13-17(12-19-2)10-6-7-11-17/h4-5,8-9,14,19H,6-7,10-13H2,1-3H3. The predicted molar refractivity (Wildman–Crippen MR) is 82.3 cm³/mol. The quantitative estimate of drug-likeness (QED) is 0.855. The van der Waals surface area contributed by atoms with Gasteiger partial charge in [-0.15, -0.1) is 0 Å². The third-order valence-electron chi connectivity index (χ3n) is 4.82. The third-order valence-corrected chi connectivity index (χ3v) is 4.82. The minimum atomic E-state index is -0.0964. The summed E-state index contributed by atoms with van der Waals surface area (Å²) in [6.45, 7) is 4.19. The summed E-state index contributed by atoms with van der Waals surface area (Å²) in [5.74, 6) is -0.0964. The minimum absolute atomic E-state index is 0.0964. The number of halogens is 1. The lowest BCUT2D eigenvalue weighted by atomic mass is 9.85. The molecule has 0 heterocycles. The van der Waals surface area contributed by atoms with Crippen molar-refractivity contribution in [1.82, 2.24) is 10.2 Å². The minimum Gasteiger partial charge on any atom is -0.319 e. The van der Waals surface area contributed by atoms with Crippen LogP contribution in [0.15, 0.2) is 24.3 Å². The van der Waals surface area contributed by atoms with Crippen LogP contribution in [0.2, 0.25) is 0 Å². The zero-order valence-corrected chi connectivity index (χ0v) is 13.0. The summed E-state index contributed by atoms with van der Waals surface area (Å²) in [6.07, 6.45) is 5.21. The first-order valence-electron chi connectivity index (χ1n) is 7.67. The Balaban J connectivity index is 2.07. The van der Waals surface area contributed by atoms with Crippen LogP contribution in [0.1, 0.15) is 44.2 Å². The van der Waals surface area contributed by atoms with Gasteiger partial charge in [-0.25, -0.2) is 4.39 Å². The highest BCUT2D eigenvalue weighted by molar-refractivity contribution is 5.20. The van der Waals surface area contributed by atoms with Crippen LogP contribution >= 0.6 is 0 Å². The molecule has 0 saturated heterocycles. The van der Waals surface area contributed by atoms with Gasteiger partial charge >= 0.3 is 0 Å². The molecule has 0 amide bonds. The van der Waals surface area contributed by atoms with Crippen LogP contribution in [-0.2, 0) is 0 Å². The second kappa shape index (κ2) is 6.68. The van der Waals surface area contributed by atoms with Gasteiger partial charge < -0.3 is 5.32 Å². The molecule has 1 atom stereocenters. The van der Waals surface area contributed by atoms with Gasteiger partial charge in [0.1, 0.15) is 5.82 Å². The van der Waals surface area contributed by atoms with Gasteiger partial charge in [0.25, 0.3) is 0 Å². The first kappa shape index (κ1) is 15.5. The van der Waals surface area contributed by atoms with Gasteiger partial charge in [-0.2, -0.15) is 0 Å². The maximum absolute atomic E-state index is 13.9. The normalized spacial score (nSPS) is 19.4. The second-order valence-electron chi connectivity index (χ2n) is 6.35. The molecule has 0 aliphatic heterocycles. The van der Waals surface area contributed by atoms with Crippen LogP contribution in [0.5, 0.6) is 0 Å². The third kappa shape index (κ3) is 3.39. The molecule has 1 N–H and O–H groups in total. The smallest absolute Gasteiger partial charge is 0.127 e. The van der Waals surface area contributed by atoms with E-state index in [-0.39, 0.29) is 11.9 Å². The summed E-state index contributed by atoms with van der Waals surface area (Å²) in [5, 5.41) is 3.35. The summed E-state index contributed by atoms with van der Waals surface area (Å²) in [7, 11) is 4.15. The molecule has 1 saturated carbocycles. The molecule has 2 nitrogen and oxygen atoms in total. The molecule has 0 aromatic heterocycles. The molecular weight excluding hydrogens is 251 g/mol. The average Bonchev–Trinajstić information content (AvgIpc) is 2.87. The number of hydrogen-bond acceptors (Lipinski definition) is 2. The van der Waals surface area contributed by atoms with Crippen LogP contribution in [0, 0.1) is 11.2 Å². The number of nitrogens with one attached hydrogen (secondary N) is 1. The van der Waals surface area contributed by atoms with E-state index in [0.717, 1.165) is 18.7 Å². The number of nitrogens with zero attached hydrogens (tertiary/aromatic N) is 1. The van der Waals surface area contributed by atoms with Gasteiger partial charge in [-0.3, -0.25) is 4.90 Å². The monoisotopic (exact) mass is 278 g/mol. The van der Waals surface area contributed by atoms with Gasteiger partial charge in [-0.1, -0.05) is 31.0 Å². The lowest BCUT2D eigenvalue weighted by Gasteiger charge is -2.36. The van der Waals surface area contributed by atoms with E-state index in [9.17, 15) is 4.39 Å². The van der Waals surface area contributed by atoms with Gasteiger partial charge in [0.15, 0.2) is 0 Å². The summed E-state index contributed by atoms with van der Waals surface area (Å²) in [5.41, 5.74) is 1.16. The Morgan fingerprint density at radius 1 is 1.30 bits per heavy atom. The van der Waals surface area contributed by atoms with E-state index in [0.29, 0.717) is 5.41 Å². The van der Waals surface area contributed by atoms with Crippen LogP contribution in [0.3, 0.4) is 0 Å². The second-order valence-corrected chi connectivity index (χ2v) is 6.35. The first-order valence-corrected chi connectivity index (χ1v) is 7.67. The Morgan fingerprint density at radius 2 is 1.95 bits per heavy atom. The molecule has 1 aromatic rings. The fraction of sp³-hybridized carbons (Fsp3) is 0.647. The topological polar surface area (TPSA) is 15.3 Å². The fourth-order valence-electron chi connectivity index (χ4n) is 3.61. The van der Waals surface area contributed by atoms with Crippen molar-refractivity contribution in [2.45, 2.75) is 38.6 Å². The van der Waals surface area contributed by atoms with Crippen molar-refractivity contribution in [1.29, 1.82) is 0 Å². The van der Waals surface area contributed by atoms with E-state index in [4.69, 9.17) is 0 Å². The van der Waals surface area contributed by atoms with E-state index >= 15 is 0 Å². The molecule has 3 heteroatoms. The molecule has 0 bridgehead atoms. The van der Waals surface area contributed by atoms with Gasteiger partial charge in [-0.05, 0) is 45.3 Å². The maximum Gasteiger partial charge on any atom is 0.127 e. The molecule has 0 radical (unpaired) electrons. The number of rotatable bonds is 6. The van der Waals surface area contributed by atoms with Gasteiger partial charge in [0.05, 0.1) is 0 Å². The average molecular weight is 278 g/mol. The molecule has 1 fully saturated rings. The van der Waals surface area contributed by atoms with E-state index in [1.807, 2.05) is 19.2 Å². The molecule has 1 aliphatic carbocycles. The van der Waals surface area contributed by atoms with Crippen LogP contribution < -0.4 is 5.32 Å². The largest absolute Gasteiger partial charge is 0.319 e. The van der Waals surface area contributed by atoms with E-state index in [1.165, 1.54) is 25.7 Å². The highest BCUT2D eigenvalue weighted by atomic mass is 19.1. The Kier molecular flexibility index (Phi) is 5.17. The molecule has 0 spiro atoms. The molecule has 1 aromatic carbocycles. The van der Waals surface area contributed by atoms with Crippen LogP contribution in [-0.4, -0.2) is 32.1 Å². The van der Waals surface area contributed by atoms with Crippen molar-refractivity contribution >= 4 is 0 Å². The van der Waals surface area contributed by atoms with Crippen molar-refractivity contribution < 1.29 is 4.39 Å². The lowest BCUT2D eigenvalue weighted by Crippen LogP contribution is -2.41. The fourth-order valence-corrected chi connectivity index (χ4v) is 3.61. The SMILES string of the molecule is CNCC1(CN(C)C(C)c2ccccc2F)CCCC1. The zero-order chi connectivity index (χ0) is 14.6. The van der Waals surface area contributed by atoms with E-state index in [2.05, 4.69) is 24.2 Å². The number of benzene rings is 1. The molecule has 1 aliphatic rings. The van der Waals surface area contributed by atoms with Crippen molar-refractivity contribution in [3.05, 3.63) is 35.6 Å². The highest BCUT2D eigenvalue weighted by Crippen LogP contribution is 2.39. The van der Waals surface area contributed by atoms with Crippen LogP contribution in [0.4, 0.5) is 4.39 Å². The Bertz CT molecular complexity index is 427. The Hall–Kier alpha value is -0.930. The summed E-state index contributed by atoms with van der Waals surface area (Å²) < 4.78 is 13.9. The summed E-state index contributed by atoms with van der Waals surface area (Å²) in [6, 6.07) is 7.24. The molecule has 112 valence electrons. The highest BCUT2D eigenvalue weighted by Gasteiger charge is 2.35. The van der Waals surface area contributed by atoms with Crippen molar-refractivity contribution in [3.8, 4) is 0 Å². The lowest BCUT2D eigenvalue weighted by molar-refractivity contribution is 0.142. The predicted octanol–water partition coefficient (Wildman–Crippen LogP) is 3.60. The molecule has 2 rings (SSSR count). The number of hydrogen-bond donors (Lipinski definition) is 1. The maximum atomic E-state index is 13.9. The van der Waals surface area contributed by atoms with E-state index < -0.39 is 0 Å². The molecular formula is C17H27FN2. The first-order chi connectivity index (χ1) is 9.58. The van der Waals surface area contributed by atoms with Crippen molar-refractivity contribution in [3.63, 3.8) is 0 Å². The summed E-state index contributed by atoms with van der Waals surface area (Å²) >= 11 is 0. The Labute approximate surface area is 122 Å². The van der Waals surface area contributed by atoms with Gasteiger partial charge in [0, 0.05) is 24.7 Å². The van der Waals surface area contributed by atoms with Gasteiger partial charge in [0.2, 0.25) is 0 Å². The summed E-state index contributed by atoms with van der Waals surface area (Å²) in [4.78, 5) is 2.31. The van der Waals surface area contributed by atoms with Crippen molar-refractivity contribution in [2.24, 2.45) is 5.41 Å². The van der Waals surface area contributed by atoms with Crippen LogP contribution in [0.25, 0.3) is 0 Å².